The van der Waals surface area contributed by atoms with E-state index in [9.17, 15) is 4.79 Å². The molecule has 110 valence electrons. The smallest absolute Gasteiger partial charge is 0.306 e. The van der Waals surface area contributed by atoms with Crippen molar-refractivity contribution in [2.75, 3.05) is 19.7 Å². The summed E-state index contributed by atoms with van der Waals surface area (Å²) in [5.41, 5.74) is 1.91. The standard InChI is InChI=1S/C15H23N3O2/c1-3-20-14(19)7-6-13-9-11(2)17-15(18-13)12-5-4-8-16-10-12/h9,12,16H,3-8,10H2,1-2H3. The van der Waals surface area contributed by atoms with Crippen molar-refractivity contribution in [2.45, 2.75) is 45.4 Å². The Morgan fingerprint density at radius 2 is 2.35 bits per heavy atom. The Morgan fingerprint density at radius 3 is 3.05 bits per heavy atom. The Morgan fingerprint density at radius 1 is 1.50 bits per heavy atom. The van der Waals surface area contributed by atoms with Gasteiger partial charge in [0.2, 0.25) is 0 Å². The van der Waals surface area contributed by atoms with Crippen LogP contribution in [0.25, 0.3) is 0 Å². The summed E-state index contributed by atoms with van der Waals surface area (Å²) >= 11 is 0. The zero-order valence-electron chi connectivity index (χ0n) is 12.3. The topological polar surface area (TPSA) is 64.1 Å². The highest BCUT2D eigenvalue weighted by Gasteiger charge is 2.18. The number of carbonyl (C=O) groups is 1. The fourth-order valence-electron chi connectivity index (χ4n) is 2.50. The van der Waals surface area contributed by atoms with Crippen LogP contribution in [0.2, 0.25) is 0 Å². The predicted octanol–water partition coefficient (Wildman–Crippen LogP) is 1.75. The first-order chi connectivity index (χ1) is 9.69. The summed E-state index contributed by atoms with van der Waals surface area (Å²) in [5, 5.41) is 3.39. The van der Waals surface area contributed by atoms with Crippen LogP contribution in [0.3, 0.4) is 0 Å². The molecule has 0 aromatic carbocycles. The lowest BCUT2D eigenvalue weighted by molar-refractivity contribution is -0.143. The van der Waals surface area contributed by atoms with Gasteiger partial charge in [-0.25, -0.2) is 9.97 Å². The molecule has 2 rings (SSSR count). The summed E-state index contributed by atoms with van der Waals surface area (Å²) in [6.45, 7) is 6.26. The van der Waals surface area contributed by atoms with Gasteiger partial charge in [-0.05, 0) is 39.3 Å². The molecule has 1 fully saturated rings. The third-order valence-corrected chi connectivity index (χ3v) is 3.48. The van der Waals surface area contributed by atoms with Crippen molar-refractivity contribution >= 4 is 5.97 Å². The van der Waals surface area contributed by atoms with Crippen molar-refractivity contribution in [2.24, 2.45) is 0 Å². The molecule has 1 aromatic heterocycles. The van der Waals surface area contributed by atoms with E-state index in [0.717, 1.165) is 36.7 Å². The van der Waals surface area contributed by atoms with Crippen molar-refractivity contribution in [1.29, 1.82) is 0 Å². The second-order valence-corrected chi connectivity index (χ2v) is 5.21. The van der Waals surface area contributed by atoms with E-state index < -0.39 is 0 Å². The van der Waals surface area contributed by atoms with Gasteiger partial charge in [-0.15, -0.1) is 0 Å². The highest BCUT2D eigenvalue weighted by Crippen LogP contribution is 2.20. The Hall–Kier alpha value is -1.49. The third kappa shape index (κ3) is 4.27. The molecule has 20 heavy (non-hydrogen) atoms. The Kier molecular flexibility index (Phi) is 5.47. The largest absolute Gasteiger partial charge is 0.466 e. The third-order valence-electron chi connectivity index (χ3n) is 3.48. The molecular formula is C15H23N3O2. The summed E-state index contributed by atoms with van der Waals surface area (Å²) in [7, 11) is 0. The summed E-state index contributed by atoms with van der Waals surface area (Å²) in [5.74, 6) is 1.14. The van der Waals surface area contributed by atoms with Crippen molar-refractivity contribution in [1.82, 2.24) is 15.3 Å². The first-order valence-corrected chi connectivity index (χ1v) is 7.40. The maximum atomic E-state index is 11.4. The predicted molar refractivity (Wildman–Crippen MR) is 76.6 cm³/mol. The molecule has 0 spiro atoms. The number of piperidine rings is 1. The van der Waals surface area contributed by atoms with E-state index in [1.165, 1.54) is 6.42 Å². The SMILES string of the molecule is CCOC(=O)CCc1cc(C)nc(C2CCCNC2)n1. The monoisotopic (exact) mass is 277 g/mol. The number of aromatic nitrogens is 2. The van der Waals surface area contributed by atoms with Crippen LogP contribution in [-0.4, -0.2) is 35.6 Å². The zero-order chi connectivity index (χ0) is 14.4. The minimum atomic E-state index is -0.162. The van der Waals surface area contributed by atoms with Crippen molar-refractivity contribution in [3.8, 4) is 0 Å². The number of carbonyl (C=O) groups excluding carboxylic acids is 1. The molecule has 2 heterocycles. The second kappa shape index (κ2) is 7.33. The molecule has 0 radical (unpaired) electrons. The number of aryl methyl sites for hydroxylation is 2. The van der Waals surface area contributed by atoms with Crippen LogP contribution in [0, 0.1) is 6.92 Å². The first-order valence-electron chi connectivity index (χ1n) is 7.40. The highest BCUT2D eigenvalue weighted by molar-refractivity contribution is 5.69. The minimum Gasteiger partial charge on any atom is -0.466 e. The molecule has 0 aliphatic carbocycles. The molecule has 1 atom stereocenters. The van der Waals surface area contributed by atoms with Gasteiger partial charge >= 0.3 is 5.97 Å². The molecular weight excluding hydrogens is 254 g/mol. The van der Waals surface area contributed by atoms with Crippen LogP contribution < -0.4 is 5.32 Å². The van der Waals surface area contributed by atoms with Crippen LogP contribution in [0.15, 0.2) is 6.07 Å². The number of hydrogen-bond donors (Lipinski definition) is 1. The Labute approximate surface area is 120 Å². The average Bonchev–Trinajstić information content (AvgIpc) is 2.46. The van der Waals surface area contributed by atoms with Gasteiger partial charge in [-0.2, -0.15) is 0 Å². The summed E-state index contributed by atoms with van der Waals surface area (Å²) in [6.07, 6.45) is 3.30. The van der Waals surface area contributed by atoms with E-state index in [2.05, 4.69) is 15.3 Å². The van der Waals surface area contributed by atoms with E-state index in [0.29, 0.717) is 25.4 Å². The normalized spacial score (nSPS) is 18.8. The van der Waals surface area contributed by atoms with Crippen LogP contribution >= 0.6 is 0 Å². The van der Waals surface area contributed by atoms with E-state index in [4.69, 9.17) is 4.74 Å². The number of esters is 1. The molecule has 1 aromatic rings. The molecule has 1 N–H and O–H groups in total. The zero-order valence-corrected chi connectivity index (χ0v) is 12.3. The average molecular weight is 277 g/mol. The van der Waals surface area contributed by atoms with Crippen LogP contribution in [-0.2, 0) is 16.0 Å². The molecule has 0 bridgehead atoms. The van der Waals surface area contributed by atoms with Crippen molar-refractivity contribution in [3.05, 3.63) is 23.3 Å². The van der Waals surface area contributed by atoms with Crippen LogP contribution in [0.1, 0.15) is 49.3 Å². The van der Waals surface area contributed by atoms with E-state index in [1.54, 1.807) is 0 Å². The highest BCUT2D eigenvalue weighted by atomic mass is 16.5. The quantitative estimate of drug-likeness (QED) is 0.831. The number of nitrogens with one attached hydrogen (secondary N) is 1. The molecule has 5 nitrogen and oxygen atoms in total. The maximum absolute atomic E-state index is 11.4. The van der Waals surface area contributed by atoms with E-state index in [1.807, 2.05) is 19.9 Å². The molecule has 1 saturated heterocycles. The molecule has 0 saturated carbocycles. The molecule has 1 aliphatic rings. The van der Waals surface area contributed by atoms with Gasteiger partial charge in [0.05, 0.1) is 13.0 Å². The van der Waals surface area contributed by atoms with Gasteiger partial charge < -0.3 is 10.1 Å². The van der Waals surface area contributed by atoms with Crippen molar-refractivity contribution < 1.29 is 9.53 Å². The second-order valence-electron chi connectivity index (χ2n) is 5.21. The fourth-order valence-corrected chi connectivity index (χ4v) is 2.50. The van der Waals surface area contributed by atoms with Gasteiger partial charge in [-0.3, -0.25) is 4.79 Å². The van der Waals surface area contributed by atoms with Crippen LogP contribution in [0.4, 0.5) is 0 Å². The maximum Gasteiger partial charge on any atom is 0.306 e. The summed E-state index contributed by atoms with van der Waals surface area (Å²) < 4.78 is 4.95. The molecule has 1 unspecified atom stereocenters. The van der Waals surface area contributed by atoms with Gasteiger partial charge in [0.25, 0.3) is 0 Å². The lowest BCUT2D eigenvalue weighted by Gasteiger charge is -2.22. The van der Waals surface area contributed by atoms with E-state index in [-0.39, 0.29) is 5.97 Å². The first kappa shape index (κ1) is 14.9. The Balaban J connectivity index is 2.02. The number of nitrogens with zero attached hydrogens (tertiary/aromatic N) is 2. The molecule has 5 heteroatoms. The van der Waals surface area contributed by atoms with Gasteiger partial charge in [0.15, 0.2) is 0 Å². The summed E-state index contributed by atoms with van der Waals surface area (Å²) in [4.78, 5) is 20.6. The number of ether oxygens (including phenoxy) is 1. The van der Waals surface area contributed by atoms with Crippen molar-refractivity contribution in [3.63, 3.8) is 0 Å². The lowest BCUT2D eigenvalue weighted by atomic mass is 9.98. The van der Waals surface area contributed by atoms with Crippen LogP contribution in [0.5, 0.6) is 0 Å². The number of hydrogen-bond acceptors (Lipinski definition) is 5. The minimum absolute atomic E-state index is 0.162. The Bertz CT molecular complexity index is 456. The molecule has 0 amide bonds. The summed E-state index contributed by atoms with van der Waals surface area (Å²) in [6, 6.07) is 1.96. The van der Waals surface area contributed by atoms with Gasteiger partial charge in [-0.1, -0.05) is 0 Å². The number of rotatable bonds is 5. The van der Waals surface area contributed by atoms with Gasteiger partial charge in [0.1, 0.15) is 5.82 Å². The van der Waals surface area contributed by atoms with Gasteiger partial charge in [0, 0.05) is 30.3 Å². The van der Waals surface area contributed by atoms with E-state index >= 15 is 0 Å². The fraction of sp³-hybridized carbons (Fsp3) is 0.667. The lowest BCUT2D eigenvalue weighted by Crippen LogP contribution is -2.29. The molecule has 1 aliphatic heterocycles.